The van der Waals surface area contributed by atoms with Crippen LogP contribution >= 0.6 is 0 Å². The van der Waals surface area contributed by atoms with Crippen LogP contribution in [0.15, 0.2) is 48.5 Å². The summed E-state index contributed by atoms with van der Waals surface area (Å²) in [5, 5.41) is 5.66. The third kappa shape index (κ3) is 6.21. The van der Waals surface area contributed by atoms with Crippen LogP contribution in [0.2, 0.25) is 0 Å². The fourth-order valence-corrected chi connectivity index (χ4v) is 2.77. The molecule has 28 heavy (non-hydrogen) atoms. The number of benzene rings is 2. The van der Waals surface area contributed by atoms with Crippen molar-refractivity contribution in [3.63, 3.8) is 0 Å². The molecule has 7 nitrogen and oxygen atoms in total. The minimum atomic E-state index is -0.433. The van der Waals surface area contributed by atoms with Crippen LogP contribution in [-0.2, 0) is 20.7 Å². The van der Waals surface area contributed by atoms with Crippen LogP contribution in [0.3, 0.4) is 0 Å². The van der Waals surface area contributed by atoms with Gasteiger partial charge in [-0.3, -0.25) is 9.59 Å². The van der Waals surface area contributed by atoms with Crippen molar-refractivity contribution in [1.29, 1.82) is 0 Å². The lowest BCUT2D eigenvalue weighted by atomic mass is 10.1. The molecule has 7 heteroatoms. The first kappa shape index (κ1) is 21.1. The predicted octanol–water partition coefficient (Wildman–Crippen LogP) is 1.13. The summed E-state index contributed by atoms with van der Waals surface area (Å²) >= 11 is 0. The molecule has 0 fully saturated rings. The molecule has 0 spiro atoms. The third-order valence-corrected chi connectivity index (χ3v) is 4.19. The number of hydrogen-bond acceptors (Lipinski definition) is 4. The lowest BCUT2D eigenvalue weighted by molar-refractivity contribution is -0.862. The van der Waals surface area contributed by atoms with Gasteiger partial charge in [0.2, 0.25) is 0 Å². The summed E-state index contributed by atoms with van der Waals surface area (Å²) < 4.78 is 4.64. The summed E-state index contributed by atoms with van der Waals surface area (Å²) in [6, 6.07) is 14.1. The van der Waals surface area contributed by atoms with E-state index in [0.29, 0.717) is 11.3 Å². The second-order valence-corrected chi connectivity index (χ2v) is 6.49. The van der Waals surface area contributed by atoms with E-state index < -0.39 is 5.97 Å². The molecule has 3 N–H and O–H groups in total. The zero-order valence-corrected chi connectivity index (χ0v) is 16.4. The van der Waals surface area contributed by atoms with E-state index in [2.05, 4.69) is 15.4 Å². The van der Waals surface area contributed by atoms with Gasteiger partial charge in [0.1, 0.15) is 0 Å². The number of hydrogen-bond donors (Lipinski definition) is 3. The predicted molar refractivity (Wildman–Crippen MR) is 107 cm³/mol. The molecule has 0 saturated carbocycles. The fourth-order valence-electron chi connectivity index (χ4n) is 2.77. The van der Waals surface area contributed by atoms with Crippen molar-refractivity contribution >= 4 is 29.2 Å². The van der Waals surface area contributed by atoms with Gasteiger partial charge in [0.25, 0.3) is 11.8 Å². The van der Waals surface area contributed by atoms with Crippen molar-refractivity contribution < 1.29 is 24.0 Å². The summed E-state index contributed by atoms with van der Waals surface area (Å²) in [7, 11) is 3.10. The Hall–Kier alpha value is -3.19. The van der Waals surface area contributed by atoms with E-state index >= 15 is 0 Å². The first-order valence-corrected chi connectivity index (χ1v) is 9.10. The van der Waals surface area contributed by atoms with Crippen LogP contribution in [-0.4, -0.2) is 45.0 Å². The van der Waals surface area contributed by atoms with Gasteiger partial charge in [-0.2, -0.15) is 0 Å². The number of methoxy groups -OCH3 is 1. The van der Waals surface area contributed by atoms with E-state index in [1.54, 1.807) is 31.3 Å². The van der Waals surface area contributed by atoms with Gasteiger partial charge in [-0.15, -0.1) is 0 Å². The zero-order valence-electron chi connectivity index (χ0n) is 16.4. The second kappa shape index (κ2) is 10.2. The molecule has 0 aliphatic rings. The zero-order chi connectivity index (χ0) is 20.5. The van der Waals surface area contributed by atoms with Crippen molar-refractivity contribution in [3.8, 4) is 0 Å². The molecule has 0 saturated heterocycles. The number of nitrogens with one attached hydrogen (secondary N) is 3. The van der Waals surface area contributed by atoms with Crippen LogP contribution in [0, 0.1) is 0 Å². The lowest BCUT2D eigenvalue weighted by Crippen LogP contribution is -3.11. The molecule has 0 heterocycles. The number of carbonyl (C=O) groups excluding carboxylic acids is 3. The Labute approximate surface area is 164 Å². The lowest BCUT2D eigenvalue weighted by Gasteiger charge is -2.15. The maximum Gasteiger partial charge on any atom is 0.337 e. The van der Waals surface area contributed by atoms with Crippen molar-refractivity contribution in [3.05, 3.63) is 59.7 Å². The number of amides is 2. The van der Waals surface area contributed by atoms with E-state index in [1.165, 1.54) is 7.11 Å². The summed E-state index contributed by atoms with van der Waals surface area (Å²) in [5.41, 5.74) is 2.86. The van der Waals surface area contributed by atoms with Crippen LogP contribution in [0.4, 0.5) is 11.4 Å². The van der Waals surface area contributed by atoms with Gasteiger partial charge in [0, 0.05) is 11.4 Å². The largest absolute Gasteiger partial charge is 0.465 e. The topological polar surface area (TPSA) is 88.9 Å². The molecule has 148 valence electrons. The number of ether oxygens (including phenoxy) is 1. The smallest absolute Gasteiger partial charge is 0.337 e. The van der Waals surface area contributed by atoms with Gasteiger partial charge in [-0.25, -0.2) is 4.79 Å². The van der Waals surface area contributed by atoms with Gasteiger partial charge in [-0.1, -0.05) is 25.1 Å². The number of para-hydroxylation sites is 1. The highest BCUT2D eigenvalue weighted by Crippen LogP contribution is 2.14. The Morgan fingerprint density at radius 2 is 1.54 bits per heavy atom. The molecule has 0 aromatic heterocycles. The van der Waals surface area contributed by atoms with Crippen LogP contribution < -0.4 is 15.5 Å². The molecule has 2 aromatic rings. The van der Waals surface area contributed by atoms with Crippen LogP contribution in [0.25, 0.3) is 0 Å². The van der Waals surface area contributed by atoms with E-state index in [4.69, 9.17) is 0 Å². The van der Waals surface area contributed by atoms with Gasteiger partial charge >= 0.3 is 5.97 Å². The molecular formula is C21H26N3O4+. The van der Waals surface area contributed by atoms with E-state index in [-0.39, 0.29) is 24.9 Å². The number of rotatable bonds is 8. The average molecular weight is 384 g/mol. The second-order valence-electron chi connectivity index (χ2n) is 6.49. The molecule has 2 amide bonds. The molecule has 2 aromatic carbocycles. The molecule has 2 rings (SSSR count). The average Bonchev–Trinajstić information content (AvgIpc) is 2.68. The first-order valence-electron chi connectivity index (χ1n) is 9.10. The Morgan fingerprint density at radius 1 is 0.929 bits per heavy atom. The molecule has 0 aliphatic heterocycles. The molecule has 0 radical (unpaired) electrons. The highest BCUT2D eigenvalue weighted by molar-refractivity contribution is 5.94. The number of carbonyl (C=O) groups is 3. The molecule has 0 aliphatic carbocycles. The summed E-state index contributed by atoms with van der Waals surface area (Å²) in [6.45, 7) is 2.35. The van der Waals surface area contributed by atoms with Gasteiger partial charge in [0.15, 0.2) is 13.1 Å². The molecule has 1 unspecified atom stereocenters. The summed E-state index contributed by atoms with van der Waals surface area (Å²) in [4.78, 5) is 36.6. The van der Waals surface area contributed by atoms with Crippen LogP contribution in [0.1, 0.15) is 22.8 Å². The Balaban J connectivity index is 1.83. The normalized spacial score (nSPS) is 11.4. The minimum absolute atomic E-state index is 0.140. The van der Waals surface area contributed by atoms with Crippen molar-refractivity contribution in [2.75, 3.05) is 37.9 Å². The van der Waals surface area contributed by atoms with E-state index in [9.17, 15) is 14.4 Å². The Morgan fingerprint density at radius 3 is 2.14 bits per heavy atom. The number of aryl methyl sites for hydroxylation is 1. The quantitative estimate of drug-likeness (QED) is 0.595. The number of esters is 1. The maximum atomic E-state index is 12.3. The van der Waals surface area contributed by atoms with Crippen molar-refractivity contribution in [2.45, 2.75) is 13.3 Å². The molecular weight excluding hydrogens is 358 g/mol. The SMILES string of the molecule is CCc1ccccc1NC(=O)C[NH+](C)CC(=O)Nc1ccc(C(=O)OC)cc1. The third-order valence-electron chi connectivity index (χ3n) is 4.19. The Bertz CT molecular complexity index is 834. The standard InChI is InChI=1S/C21H25N3O4/c1-4-15-7-5-6-8-18(15)23-20(26)14-24(2)13-19(25)22-17-11-9-16(10-12-17)21(27)28-3/h5-12H,4,13-14H2,1-3H3,(H,22,25)(H,23,26)/p+1. The number of likely N-dealkylation sites (N-methyl/N-ethyl adjacent to an activating group) is 1. The number of quaternary nitrogens is 1. The highest BCUT2D eigenvalue weighted by atomic mass is 16.5. The fraction of sp³-hybridized carbons (Fsp3) is 0.286. The van der Waals surface area contributed by atoms with Crippen LogP contribution in [0.5, 0.6) is 0 Å². The van der Waals surface area contributed by atoms with Gasteiger partial charge in [0.05, 0.1) is 19.7 Å². The Kier molecular flexibility index (Phi) is 7.71. The number of anilines is 2. The minimum Gasteiger partial charge on any atom is -0.465 e. The van der Waals surface area contributed by atoms with Gasteiger partial charge < -0.3 is 20.3 Å². The highest BCUT2D eigenvalue weighted by Gasteiger charge is 2.15. The summed E-state index contributed by atoms with van der Waals surface area (Å²) in [5.74, 6) is -0.795. The molecule has 1 atom stereocenters. The maximum absolute atomic E-state index is 12.3. The van der Waals surface area contributed by atoms with Crippen molar-refractivity contribution in [1.82, 2.24) is 0 Å². The first-order chi connectivity index (χ1) is 13.4. The van der Waals surface area contributed by atoms with Crippen molar-refractivity contribution in [2.24, 2.45) is 0 Å². The van der Waals surface area contributed by atoms with E-state index in [1.807, 2.05) is 31.2 Å². The molecule has 0 bridgehead atoms. The van der Waals surface area contributed by atoms with Gasteiger partial charge in [-0.05, 0) is 42.3 Å². The monoisotopic (exact) mass is 384 g/mol. The van der Waals surface area contributed by atoms with E-state index in [0.717, 1.165) is 22.6 Å². The summed E-state index contributed by atoms with van der Waals surface area (Å²) in [6.07, 6.45) is 0.830.